The van der Waals surface area contributed by atoms with Gasteiger partial charge in [0.15, 0.2) is 0 Å². The first kappa shape index (κ1) is 13.8. The van der Waals surface area contributed by atoms with E-state index in [0.29, 0.717) is 10.6 Å². The zero-order valence-corrected chi connectivity index (χ0v) is 12.4. The van der Waals surface area contributed by atoms with Gasteiger partial charge in [-0.15, -0.1) is 0 Å². The standard InChI is InChI=1S/C13H15BrClNO2/c1-18-12-4-2-3-11(12)16-13(17)9-7-8(14)5-6-10(9)15/h5-7,11-12H,2-4H2,1H3,(H,16,17). The Balaban J connectivity index is 2.09. The third kappa shape index (κ3) is 3.05. The van der Waals surface area contributed by atoms with Gasteiger partial charge in [0.05, 0.1) is 22.7 Å². The fraction of sp³-hybridized carbons (Fsp3) is 0.462. The highest BCUT2D eigenvalue weighted by Crippen LogP contribution is 2.24. The summed E-state index contributed by atoms with van der Waals surface area (Å²) in [5.41, 5.74) is 0.493. The highest BCUT2D eigenvalue weighted by molar-refractivity contribution is 9.10. The molecule has 1 aliphatic carbocycles. The highest BCUT2D eigenvalue weighted by atomic mass is 79.9. The minimum atomic E-state index is -0.143. The van der Waals surface area contributed by atoms with Crippen molar-refractivity contribution in [1.29, 1.82) is 0 Å². The molecule has 0 heterocycles. The Morgan fingerprint density at radius 1 is 1.50 bits per heavy atom. The van der Waals surface area contributed by atoms with Gasteiger partial charge in [-0.1, -0.05) is 27.5 Å². The molecular formula is C13H15BrClNO2. The van der Waals surface area contributed by atoms with E-state index in [0.717, 1.165) is 23.7 Å². The zero-order chi connectivity index (χ0) is 13.1. The first-order valence-electron chi connectivity index (χ1n) is 5.90. The summed E-state index contributed by atoms with van der Waals surface area (Å²) in [7, 11) is 1.68. The number of carbonyl (C=O) groups excluding carboxylic acids is 1. The molecule has 98 valence electrons. The number of benzene rings is 1. The number of rotatable bonds is 3. The van der Waals surface area contributed by atoms with Crippen LogP contribution in [0.3, 0.4) is 0 Å². The van der Waals surface area contributed by atoms with E-state index in [9.17, 15) is 4.79 Å². The van der Waals surface area contributed by atoms with Crippen molar-refractivity contribution >= 4 is 33.4 Å². The second-order valence-corrected chi connectivity index (χ2v) is 5.73. The molecule has 1 saturated carbocycles. The molecule has 2 rings (SSSR count). The van der Waals surface area contributed by atoms with Crippen molar-refractivity contribution in [3.8, 4) is 0 Å². The Labute approximate surface area is 120 Å². The van der Waals surface area contributed by atoms with E-state index in [-0.39, 0.29) is 18.1 Å². The summed E-state index contributed by atoms with van der Waals surface area (Å²) in [5.74, 6) is -0.143. The second-order valence-electron chi connectivity index (χ2n) is 4.41. The largest absolute Gasteiger partial charge is 0.379 e. The molecule has 1 fully saturated rings. The van der Waals surface area contributed by atoms with Gasteiger partial charge < -0.3 is 10.1 Å². The molecule has 2 atom stereocenters. The number of ether oxygens (including phenoxy) is 1. The summed E-state index contributed by atoms with van der Waals surface area (Å²) < 4.78 is 6.20. The Hall–Kier alpha value is -0.580. The van der Waals surface area contributed by atoms with E-state index in [1.54, 1.807) is 19.2 Å². The van der Waals surface area contributed by atoms with E-state index in [4.69, 9.17) is 16.3 Å². The van der Waals surface area contributed by atoms with Gasteiger partial charge in [-0.3, -0.25) is 4.79 Å². The summed E-state index contributed by atoms with van der Waals surface area (Å²) in [5, 5.41) is 3.46. The number of methoxy groups -OCH3 is 1. The Morgan fingerprint density at radius 2 is 2.28 bits per heavy atom. The summed E-state index contributed by atoms with van der Waals surface area (Å²) in [6.45, 7) is 0. The Kier molecular flexibility index (Phi) is 4.65. The van der Waals surface area contributed by atoms with Crippen LogP contribution in [-0.4, -0.2) is 25.2 Å². The van der Waals surface area contributed by atoms with E-state index >= 15 is 0 Å². The van der Waals surface area contributed by atoms with Crippen molar-refractivity contribution in [2.75, 3.05) is 7.11 Å². The minimum Gasteiger partial charge on any atom is -0.379 e. The molecule has 0 bridgehead atoms. The number of nitrogens with one attached hydrogen (secondary N) is 1. The molecule has 0 aromatic heterocycles. The van der Waals surface area contributed by atoms with Crippen LogP contribution in [0.1, 0.15) is 29.6 Å². The summed E-state index contributed by atoms with van der Waals surface area (Å²) in [6, 6.07) is 5.34. The maximum atomic E-state index is 12.2. The zero-order valence-electron chi connectivity index (χ0n) is 10.1. The predicted molar refractivity (Wildman–Crippen MR) is 75.1 cm³/mol. The van der Waals surface area contributed by atoms with Crippen LogP contribution in [0.25, 0.3) is 0 Å². The average molecular weight is 333 g/mol. The SMILES string of the molecule is COC1CCCC1NC(=O)c1cc(Br)ccc1Cl. The van der Waals surface area contributed by atoms with Crippen molar-refractivity contribution in [2.24, 2.45) is 0 Å². The quantitative estimate of drug-likeness (QED) is 0.921. The van der Waals surface area contributed by atoms with Crippen molar-refractivity contribution in [3.63, 3.8) is 0 Å². The number of amides is 1. The van der Waals surface area contributed by atoms with Crippen LogP contribution >= 0.6 is 27.5 Å². The monoisotopic (exact) mass is 331 g/mol. The molecule has 1 aromatic rings. The number of hydrogen-bond donors (Lipinski definition) is 1. The fourth-order valence-electron chi connectivity index (χ4n) is 2.29. The van der Waals surface area contributed by atoms with Crippen molar-refractivity contribution in [2.45, 2.75) is 31.4 Å². The average Bonchev–Trinajstić information content (AvgIpc) is 2.79. The first-order valence-corrected chi connectivity index (χ1v) is 7.07. The van der Waals surface area contributed by atoms with Crippen LogP contribution in [-0.2, 0) is 4.74 Å². The fourth-order valence-corrected chi connectivity index (χ4v) is 2.86. The van der Waals surface area contributed by atoms with Gasteiger partial charge in [0, 0.05) is 11.6 Å². The van der Waals surface area contributed by atoms with Gasteiger partial charge >= 0.3 is 0 Å². The van der Waals surface area contributed by atoms with Gasteiger partial charge in [0.2, 0.25) is 0 Å². The Bertz CT molecular complexity index is 453. The molecule has 5 heteroatoms. The molecule has 1 N–H and O–H groups in total. The molecule has 0 saturated heterocycles. The van der Waals surface area contributed by atoms with E-state index in [1.165, 1.54) is 0 Å². The van der Waals surface area contributed by atoms with Gasteiger partial charge in [-0.2, -0.15) is 0 Å². The van der Waals surface area contributed by atoms with Crippen LogP contribution in [0.15, 0.2) is 22.7 Å². The maximum Gasteiger partial charge on any atom is 0.253 e. The first-order chi connectivity index (χ1) is 8.61. The summed E-state index contributed by atoms with van der Waals surface area (Å²) in [6.07, 6.45) is 3.14. The van der Waals surface area contributed by atoms with Crippen molar-refractivity contribution < 1.29 is 9.53 Å². The lowest BCUT2D eigenvalue weighted by molar-refractivity contribution is 0.0722. The molecule has 1 aromatic carbocycles. The summed E-state index contributed by atoms with van der Waals surface area (Å²) >= 11 is 9.37. The van der Waals surface area contributed by atoms with E-state index in [2.05, 4.69) is 21.2 Å². The van der Waals surface area contributed by atoms with Crippen LogP contribution in [0.5, 0.6) is 0 Å². The molecule has 0 spiro atoms. The molecule has 1 aliphatic rings. The van der Waals surface area contributed by atoms with Crippen LogP contribution in [0, 0.1) is 0 Å². The lowest BCUT2D eigenvalue weighted by Crippen LogP contribution is -2.40. The lowest BCUT2D eigenvalue weighted by Gasteiger charge is -2.20. The topological polar surface area (TPSA) is 38.3 Å². The third-order valence-electron chi connectivity index (χ3n) is 3.24. The number of carbonyl (C=O) groups is 1. The van der Waals surface area contributed by atoms with Gasteiger partial charge in [-0.05, 0) is 37.5 Å². The summed E-state index contributed by atoms with van der Waals surface area (Å²) in [4.78, 5) is 12.2. The molecule has 2 unspecified atom stereocenters. The normalized spacial score (nSPS) is 23.1. The number of hydrogen-bond acceptors (Lipinski definition) is 2. The van der Waals surface area contributed by atoms with Gasteiger partial charge in [0.1, 0.15) is 0 Å². The highest BCUT2D eigenvalue weighted by Gasteiger charge is 2.29. The predicted octanol–water partition coefficient (Wildman–Crippen LogP) is 3.40. The molecular weight excluding hydrogens is 318 g/mol. The third-order valence-corrected chi connectivity index (χ3v) is 4.07. The molecule has 3 nitrogen and oxygen atoms in total. The minimum absolute atomic E-state index is 0.0811. The van der Waals surface area contributed by atoms with Gasteiger partial charge in [-0.25, -0.2) is 0 Å². The van der Waals surface area contributed by atoms with Crippen LogP contribution in [0.4, 0.5) is 0 Å². The second kappa shape index (κ2) is 6.04. The van der Waals surface area contributed by atoms with E-state index < -0.39 is 0 Å². The van der Waals surface area contributed by atoms with Crippen molar-refractivity contribution in [3.05, 3.63) is 33.3 Å². The number of halogens is 2. The molecule has 18 heavy (non-hydrogen) atoms. The Morgan fingerprint density at radius 3 is 3.00 bits per heavy atom. The van der Waals surface area contributed by atoms with Crippen molar-refractivity contribution in [1.82, 2.24) is 5.32 Å². The lowest BCUT2D eigenvalue weighted by atomic mass is 10.1. The van der Waals surface area contributed by atoms with Crippen LogP contribution in [0.2, 0.25) is 5.02 Å². The van der Waals surface area contributed by atoms with E-state index in [1.807, 2.05) is 6.07 Å². The smallest absolute Gasteiger partial charge is 0.253 e. The molecule has 0 aliphatic heterocycles. The maximum absolute atomic E-state index is 12.2. The molecule has 0 radical (unpaired) electrons. The molecule has 1 amide bonds. The van der Waals surface area contributed by atoms with Crippen LogP contribution < -0.4 is 5.32 Å². The van der Waals surface area contributed by atoms with Gasteiger partial charge in [0.25, 0.3) is 5.91 Å².